The number of hydrogen-bond donors (Lipinski definition) is 2. The Balaban J connectivity index is 2.39. The Kier molecular flexibility index (Phi) is 2.65. The van der Waals surface area contributed by atoms with Crippen LogP contribution in [0.25, 0.3) is 0 Å². The third kappa shape index (κ3) is 1.65. The van der Waals surface area contributed by atoms with Crippen LogP contribution in [0.1, 0.15) is 34.6 Å². The molecule has 1 aliphatic carbocycles. The minimum atomic E-state index is -0.728. The van der Waals surface area contributed by atoms with E-state index in [4.69, 9.17) is 5.11 Å². The zero-order valence-corrected chi connectivity index (χ0v) is 9.72. The Bertz CT molecular complexity index is 232. The Morgan fingerprint density at radius 3 is 2.07 bits per heavy atom. The number of carbonyl (C=O) groups is 1. The quantitative estimate of drug-likeness (QED) is 0.725. The van der Waals surface area contributed by atoms with E-state index in [1.165, 1.54) is 0 Å². The summed E-state index contributed by atoms with van der Waals surface area (Å²) in [4.78, 5) is 10.6. The molecule has 0 aromatic carbocycles. The predicted molar refractivity (Wildman–Crippen MR) is 56.2 cm³/mol. The van der Waals surface area contributed by atoms with Gasteiger partial charge in [0, 0.05) is 12.6 Å². The van der Waals surface area contributed by atoms with Crippen LogP contribution in [-0.4, -0.2) is 23.7 Å². The zero-order valence-electron chi connectivity index (χ0n) is 9.72. The van der Waals surface area contributed by atoms with Crippen LogP contribution in [0.3, 0.4) is 0 Å². The molecule has 1 unspecified atom stereocenters. The van der Waals surface area contributed by atoms with Gasteiger partial charge >= 0.3 is 5.97 Å². The molecule has 3 nitrogen and oxygen atoms in total. The zero-order chi connectivity index (χ0) is 11.1. The summed E-state index contributed by atoms with van der Waals surface area (Å²) in [5, 5.41) is 12.1. The van der Waals surface area contributed by atoms with Crippen LogP contribution >= 0.6 is 0 Å². The summed E-state index contributed by atoms with van der Waals surface area (Å²) < 4.78 is 0. The fraction of sp³-hybridized carbons (Fsp3) is 0.909. The number of aliphatic carboxylic acids is 1. The van der Waals surface area contributed by atoms with Crippen molar-refractivity contribution in [3.8, 4) is 0 Å². The fourth-order valence-corrected chi connectivity index (χ4v) is 2.09. The van der Waals surface area contributed by atoms with E-state index in [-0.39, 0.29) is 16.7 Å². The molecule has 0 saturated heterocycles. The summed E-state index contributed by atoms with van der Waals surface area (Å²) >= 11 is 0. The van der Waals surface area contributed by atoms with Crippen molar-refractivity contribution in [1.82, 2.24) is 5.32 Å². The summed E-state index contributed by atoms with van der Waals surface area (Å²) in [5.41, 5.74) is 0.566. The monoisotopic (exact) mass is 199 g/mol. The van der Waals surface area contributed by atoms with Gasteiger partial charge in [0.05, 0.1) is 5.92 Å². The van der Waals surface area contributed by atoms with Gasteiger partial charge in [-0.25, -0.2) is 0 Å². The maximum absolute atomic E-state index is 10.6. The molecular formula is C11H21NO2. The lowest BCUT2D eigenvalue weighted by molar-refractivity contribution is -0.140. The van der Waals surface area contributed by atoms with E-state index in [1.54, 1.807) is 6.92 Å². The normalized spacial score (nSPS) is 25.8. The maximum atomic E-state index is 10.6. The molecule has 1 rings (SSSR count). The SMILES string of the molecule is CC(CNC1C(C)(C)C1(C)C)C(=O)O. The minimum absolute atomic E-state index is 0.283. The second kappa shape index (κ2) is 3.23. The molecule has 82 valence electrons. The van der Waals surface area contributed by atoms with Gasteiger partial charge in [-0.3, -0.25) is 4.79 Å². The van der Waals surface area contributed by atoms with Crippen molar-refractivity contribution in [3.05, 3.63) is 0 Å². The minimum Gasteiger partial charge on any atom is -0.481 e. The molecule has 0 amide bonds. The van der Waals surface area contributed by atoms with E-state index in [1.807, 2.05) is 0 Å². The Morgan fingerprint density at radius 1 is 1.36 bits per heavy atom. The lowest BCUT2D eigenvalue weighted by atomic mass is 10.0. The molecule has 1 fully saturated rings. The van der Waals surface area contributed by atoms with Crippen LogP contribution in [0.15, 0.2) is 0 Å². The topological polar surface area (TPSA) is 49.3 Å². The Labute approximate surface area is 85.9 Å². The maximum Gasteiger partial charge on any atom is 0.307 e. The molecule has 0 aliphatic heterocycles. The van der Waals surface area contributed by atoms with E-state index in [9.17, 15) is 4.79 Å². The number of nitrogens with one attached hydrogen (secondary N) is 1. The van der Waals surface area contributed by atoms with Gasteiger partial charge in [0.25, 0.3) is 0 Å². The molecule has 1 aliphatic rings. The van der Waals surface area contributed by atoms with Gasteiger partial charge in [0.2, 0.25) is 0 Å². The van der Waals surface area contributed by atoms with Crippen LogP contribution in [0, 0.1) is 16.7 Å². The number of hydrogen-bond acceptors (Lipinski definition) is 2. The van der Waals surface area contributed by atoms with Crippen molar-refractivity contribution in [2.75, 3.05) is 6.54 Å². The van der Waals surface area contributed by atoms with E-state index in [0.717, 1.165) is 0 Å². The van der Waals surface area contributed by atoms with Gasteiger partial charge in [-0.15, -0.1) is 0 Å². The third-order valence-corrected chi connectivity index (χ3v) is 4.07. The molecule has 3 heteroatoms. The smallest absolute Gasteiger partial charge is 0.307 e. The van der Waals surface area contributed by atoms with Crippen molar-refractivity contribution >= 4 is 5.97 Å². The van der Waals surface area contributed by atoms with Gasteiger partial charge in [-0.1, -0.05) is 34.6 Å². The highest BCUT2D eigenvalue weighted by Crippen LogP contribution is 2.62. The predicted octanol–water partition coefficient (Wildman–Crippen LogP) is 1.73. The van der Waals surface area contributed by atoms with E-state index >= 15 is 0 Å². The van der Waals surface area contributed by atoms with Crippen LogP contribution < -0.4 is 5.32 Å². The molecule has 2 N–H and O–H groups in total. The standard InChI is InChI=1S/C11H21NO2/c1-7(8(13)14)6-12-9-10(2,3)11(9,4)5/h7,9,12H,6H2,1-5H3,(H,13,14). The Morgan fingerprint density at radius 2 is 1.79 bits per heavy atom. The average molecular weight is 199 g/mol. The summed E-state index contributed by atoms with van der Waals surface area (Å²) in [6.07, 6.45) is 0. The van der Waals surface area contributed by atoms with Crippen LogP contribution in [0.5, 0.6) is 0 Å². The lowest BCUT2D eigenvalue weighted by Crippen LogP contribution is -2.30. The molecule has 14 heavy (non-hydrogen) atoms. The van der Waals surface area contributed by atoms with Gasteiger partial charge in [-0.2, -0.15) is 0 Å². The molecule has 0 aromatic heterocycles. The van der Waals surface area contributed by atoms with E-state index in [2.05, 4.69) is 33.0 Å². The van der Waals surface area contributed by atoms with Crippen molar-refractivity contribution < 1.29 is 9.90 Å². The highest BCUT2D eigenvalue weighted by Gasteiger charge is 2.64. The summed E-state index contributed by atoms with van der Waals surface area (Å²) in [5.74, 6) is -1.03. The van der Waals surface area contributed by atoms with Crippen LogP contribution in [-0.2, 0) is 4.79 Å². The van der Waals surface area contributed by atoms with E-state index < -0.39 is 5.97 Å². The third-order valence-electron chi connectivity index (χ3n) is 4.07. The fourth-order valence-electron chi connectivity index (χ4n) is 2.09. The first-order valence-corrected chi connectivity index (χ1v) is 5.17. The number of carboxylic acid groups (broad SMARTS) is 1. The second-order valence-corrected chi connectivity index (χ2v) is 5.52. The van der Waals surface area contributed by atoms with Gasteiger partial charge < -0.3 is 10.4 Å². The first-order valence-electron chi connectivity index (χ1n) is 5.17. The first-order chi connectivity index (χ1) is 6.21. The average Bonchev–Trinajstić information content (AvgIpc) is 2.39. The number of rotatable bonds is 4. The molecule has 0 aromatic rings. The summed E-state index contributed by atoms with van der Waals surface area (Å²) in [6, 6.07) is 0.441. The summed E-state index contributed by atoms with van der Waals surface area (Å²) in [7, 11) is 0. The molecule has 1 saturated carbocycles. The molecule has 0 radical (unpaired) electrons. The van der Waals surface area contributed by atoms with Crippen molar-refractivity contribution in [1.29, 1.82) is 0 Å². The number of carboxylic acids is 1. The van der Waals surface area contributed by atoms with Gasteiger partial charge in [-0.05, 0) is 10.8 Å². The van der Waals surface area contributed by atoms with Crippen molar-refractivity contribution in [3.63, 3.8) is 0 Å². The van der Waals surface area contributed by atoms with Crippen LogP contribution in [0.2, 0.25) is 0 Å². The highest BCUT2D eigenvalue weighted by molar-refractivity contribution is 5.69. The van der Waals surface area contributed by atoms with Crippen molar-refractivity contribution in [2.45, 2.75) is 40.7 Å². The van der Waals surface area contributed by atoms with Crippen LogP contribution in [0.4, 0.5) is 0 Å². The Hall–Kier alpha value is -0.570. The van der Waals surface area contributed by atoms with Gasteiger partial charge in [0.15, 0.2) is 0 Å². The molecule has 0 heterocycles. The van der Waals surface area contributed by atoms with Gasteiger partial charge in [0.1, 0.15) is 0 Å². The highest BCUT2D eigenvalue weighted by atomic mass is 16.4. The second-order valence-electron chi connectivity index (χ2n) is 5.52. The summed E-state index contributed by atoms with van der Waals surface area (Å²) in [6.45, 7) is 11.2. The largest absolute Gasteiger partial charge is 0.481 e. The molecule has 0 spiro atoms. The lowest BCUT2D eigenvalue weighted by Gasteiger charge is -2.09. The molecular weight excluding hydrogens is 178 g/mol. The van der Waals surface area contributed by atoms with E-state index in [0.29, 0.717) is 12.6 Å². The molecule has 0 bridgehead atoms. The first kappa shape index (κ1) is 11.5. The van der Waals surface area contributed by atoms with Crippen molar-refractivity contribution in [2.24, 2.45) is 16.7 Å². The molecule has 1 atom stereocenters.